The molecule has 128 valence electrons. The largest absolute Gasteiger partial charge is 0.352 e. The van der Waals surface area contributed by atoms with Gasteiger partial charge in [-0.05, 0) is 42.0 Å². The van der Waals surface area contributed by atoms with Crippen molar-refractivity contribution < 1.29 is 13.2 Å². The molecule has 0 aliphatic carbocycles. The van der Waals surface area contributed by atoms with Crippen LogP contribution in [0.5, 0.6) is 0 Å². The average molecular weight is 365 g/mol. The Bertz CT molecular complexity index is 768. The van der Waals surface area contributed by atoms with Crippen LogP contribution in [-0.4, -0.2) is 36.7 Å². The smallest absolute Gasteiger partial charge is 0.252 e. The molecule has 0 spiro atoms. The summed E-state index contributed by atoms with van der Waals surface area (Å²) in [5, 5.41) is 4.67. The molecule has 3 heterocycles. The lowest BCUT2D eigenvalue weighted by Crippen LogP contribution is -2.42. The van der Waals surface area contributed by atoms with Crippen LogP contribution in [0.15, 0.2) is 46.2 Å². The molecule has 0 radical (unpaired) electrons. The summed E-state index contributed by atoms with van der Waals surface area (Å²) in [5.74, 6) is -0.151. The highest BCUT2D eigenvalue weighted by Crippen LogP contribution is 2.26. The van der Waals surface area contributed by atoms with Crippen molar-refractivity contribution in [2.75, 3.05) is 13.1 Å². The van der Waals surface area contributed by atoms with Gasteiger partial charge in [0, 0.05) is 37.9 Å². The van der Waals surface area contributed by atoms with Crippen molar-refractivity contribution in [1.29, 1.82) is 0 Å². The summed E-state index contributed by atoms with van der Waals surface area (Å²) in [7, 11) is -3.41. The third-order valence-electron chi connectivity index (χ3n) is 4.13. The van der Waals surface area contributed by atoms with Crippen LogP contribution in [0.2, 0.25) is 0 Å². The normalized spacial score (nSPS) is 16.8. The molecule has 2 aromatic heterocycles. The maximum absolute atomic E-state index is 12.5. The number of nitrogens with one attached hydrogen (secondary N) is 1. The van der Waals surface area contributed by atoms with Crippen molar-refractivity contribution in [3.05, 3.63) is 47.6 Å². The molecule has 3 rings (SSSR count). The number of carbonyl (C=O) groups excluding carboxylic acids is 1. The van der Waals surface area contributed by atoms with Crippen molar-refractivity contribution in [2.45, 2.75) is 23.6 Å². The highest BCUT2D eigenvalue weighted by atomic mass is 32.2. The molecule has 1 aliphatic heterocycles. The van der Waals surface area contributed by atoms with Gasteiger partial charge in [0.15, 0.2) is 0 Å². The van der Waals surface area contributed by atoms with Crippen LogP contribution < -0.4 is 5.32 Å². The summed E-state index contributed by atoms with van der Waals surface area (Å²) in [6.45, 7) is 1.23. The Balaban J connectivity index is 1.52. The Hall–Kier alpha value is -1.77. The Kier molecular flexibility index (Phi) is 5.27. The Morgan fingerprint density at radius 2 is 1.96 bits per heavy atom. The van der Waals surface area contributed by atoms with E-state index in [1.54, 1.807) is 29.9 Å². The minimum Gasteiger partial charge on any atom is -0.352 e. The lowest BCUT2D eigenvalue weighted by Gasteiger charge is -2.30. The van der Waals surface area contributed by atoms with E-state index in [4.69, 9.17) is 0 Å². The SMILES string of the molecule is O=C(NCc1ccncc1)C1CCN(S(=O)(=O)c2cccs2)CC1. The Labute approximate surface area is 145 Å². The standard InChI is InChI=1S/C16H19N3O3S2/c20-16(18-12-13-3-7-17-8-4-13)14-5-9-19(10-6-14)24(21,22)15-2-1-11-23-15/h1-4,7-8,11,14H,5-6,9-10,12H2,(H,18,20). The van der Waals surface area contributed by atoms with Gasteiger partial charge in [-0.1, -0.05) is 6.07 Å². The lowest BCUT2D eigenvalue weighted by molar-refractivity contribution is -0.126. The van der Waals surface area contributed by atoms with Crippen LogP contribution >= 0.6 is 11.3 Å². The molecule has 2 aromatic rings. The van der Waals surface area contributed by atoms with Gasteiger partial charge >= 0.3 is 0 Å². The molecule has 0 atom stereocenters. The number of rotatable bonds is 5. The van der Waals surface area contributed by atoms with Gasteiger partial charge in [0.25, 0.3) is 10.0 Å². The van der Waals surface area contributed by atoms with E-state index < -0.39 is 10.0 Å². The second-order valence-electron chi connectivity index (χ2n) is 5.68. The zero-order chi connectivity index (χ0) is 17.0. The van der Waals surface area contributed by atoms with E-state index in [-0.39, 0.29) is 11.8 Å². The molecule has 8 heteroatoms. The molecule has 1 amide bonds. The molecule has 1 saturated heterocycles. The van der Waals surface area contributed by atoms with Gasteiger partial charge in [0.2, 0.25) is 5.91 Å². The molecule has 6 nitrogen and oxygen atoms in total. The van der Waals surface area contributed by atoms with Crippen molar-refractivity contribution in [1.82, 2.24) is 14.6 Å². The fraction of sp³-hybridized carbons (Fsp3) is 0.375. The van der Waals surface area contributed by atoms with Gasteiger partial charge in [0.05, 0.1) is 0 Å². The number of aromatic nitrogens is 1. The zero-order valence-corrected chi connectivity index (χ0v) is 14.7. The van der Waals surface area contributed by atoms with Gasteiger partial charge in [-0.2, -0.15) is 4.31 Å². The number of pyridine rings is 1. The monoisotopic (exact) mass is 365 g/mol. The van der Waals surface area contributed by atoms with Gasteiger partial charge in [0.1, 0.15) is 4.21 Å². The number of hydrogen-bond donors (Lipinski definition) is 1. The number of nitrogens with zero attached hydrogens (tertiary/aromatic N) is 2. The summed E-state index contributed by atoms with van der Waals surface area (Å²) in [6, 6.07) is 7.07. The first-order valence-corrected chi connectivity index (χ1v) is 10.1. The highest BCUT2D eigenvalue weighted by molar-refractivity contribution is 7.91. The number of sulfonamides is 1. The maximum atomic E-state index is 12.5. The second-order valence-corrected chi connectivity index (χ2v) is 8.80. The zero-order valence-electron chi connectivity index (χ0n) is 13.1. The van der Waals surface area contributed by atoms with Gasteiger partial charge in [-0.25, -0.2) is 8.42 Å². The first kappa shape index (κ1) is 17.1. The van der Waals surface area contributed by atoms with Crippen LogP contribution in [0.3, 0.4) is 0 Å². The van der Waals surface area contributed by atoms with E-state index in [2.05, 4.69) is 10.3 Å². The predicted molar refractivity (Wildman–Crippen MR) is 91.9 cm³/mol. The number of thiophene rings is 1. The third-order valence-corrected chi connectivity index (χ3v) is 7.40. The number of piperidine rings is 1. The minimum absolute atomic E-state index is 0.0139. The quantitative estimate of drug-likeness (QED) is 0.877. The predicted octanol–water partition coefficient (Wildman–Crippen LogP) is 1.86. The van der Waals surface area contributed by atoms with E-state index in [0.717, 1.165) is 5.56 Å². The van der Waals surface area contributed by atoms with Crippen LogP contribution in [-0.2, 0) is 21.4 Å². The highest BCUT2D eigenvalue weighted by Gasteiger charge is 2.32. The van der Waals surface area contributed by atoms with Gasteiger partial charge < -0.3 is 5.32 Å². The molecule has 0 unspecified atom stereocenters. The van der Waals surface area contributed by atoms with Crippen molar-refractivity contribution in [3.8, 4) is 0 Å². The first-order chi connectivity index (χ1) is 11.6. The average Bonchev–Trinajstić information content (AvgIpc) is 3.16. The molecule has 0 aromatic carbocycles. The van der Waals surface area contributed by atoms with Gasteiger partial charge in [-0.3, -0.25) is 9.78 Å². The van der Waals surface area contributed by atoms with Crippen molar-refractivity contribution >= 4 is 27.3 Å². The fourth-order valence-corrected chi connectivity index (χ4v) is 5.34. The van der Waals surface area contributed by atoms with Crippen LogP contribution in [0.4, 0.5) is 0 Å². The molecule has 1 aliphatic rings. The van der Waals surface area contributed by atoms with Crippen LogP contribution in [0.1, 0.15) is 18.4 Å². The molecular weight excluding hydrogens is 346 g/mol. The van der Waals surface area contributed by atoms with E-state index in [0.29, 0.717) is 36.7 Å². The van der Waals surface area contributed by atoms with Crippen molar-refractivity contribution in [3.63, 3.8) is 0 Å². The Morgan fingerprint density at radius 3 is 2.58 bits per heavy atom. The number of hydrogen-bond acceptors (Lipinski definition) is 5. The minimum atomic E-state index is -3.41. The molecule has 24 heavy (non-hydrogen) atoms. The van der Waals surface area contributed by atoms with E-state index in [9.17, 15) is 13.2 Å². The van der Waals surface area contributed by atoms with E-state index in [1.807, 2.05) is 12.1 Å². The summed E-state index contributed by atoms with van der Waals surface area (Å²) >= 11 is 1.22. The molecular formula is C16H19N3O3S2. The lowest BCUT2D eigenvalue weighted by atomic mass is 9.97. The van der Waals surface area contributed by atoms with E-state index in [1.165, 1.54) is 15.6 Å². The Morgan fingerprint density at radius 1 is 1.25 bits per heavy atom. The second kappa shape index (κ2) is 7.42. The third kappa shape index (κ3) is 3.82. The molecule has 1 N–H and O–H groups in total. The topological polar surface area (TPSA) is 79.4 Å². The maximum Gasteiger partial charge on any atom is 0.252 e. The molecule has 0 saturated carbocycles. The molecule has 0 bridgehead atoms. The fourth-order valence-electron chi connectivity index (χ4n) is 2.73. The number of carbonyl (C=O) groups is 1. The van der Waals surface area contributed by atoms with Gasteiger partial charge in [-0.15, -0.1) is 11.3 Å². The summed E-state index contributed by atoms with van der Waals surface area (Å²) < 4.78 is 26.8. The van der Waals surface area contributed by atoms with Crippen LogP contribution in [0, 0.1) is 5.92 Å². The number of amides is 1. The first-order valence-electron chi connectivity index (χ1n) is 7.77. The van der Waals surface area contributed by atoms with E-state index >= 15 is 0 Å². The summed E-state index contributed by atoms with van der Waals surface area (Å²) in [5.41, 5.74) is 0.996. The van der Waals surface area contributed by atoms with Crippen molar-refractivity contribution in [2.24, 2.45) is 5.92 Å². The molecule has 1 fully saturated rings. The summed E-state index contributed by atoms with van der Waals surface area (Å²) in [4.78, 5) is 16.2. The summed E-state index contributed by atoms with van der Waals surface area (Å²) in [6.07, 6.45) is 4.48. The van der Waals surface area contributed by atoms with Crippen LogP contribution in [0.25, 0.3) is 0 Å².